The van der Waals surface area contributed by atoms with E-state index in [0.29, 0.717) is 18.7 Å². The van der Waals surface area contributed by atoms with E-state index in [0.717, 1.165) is 16.8 Å². The molecule has 4 heteroatoms. The Labute approximate surface area is 123 Å². The van der Waals surface area contributed by atoms with E-state index in [9.17, 15) is 5.26 Å². The van der Waals surface area contributed by atoms with Crippen LogP contribution < -0.4 is 0 Å². The van der Waals surface area contributed by atoms with Gasteiger partial charge in [-0.3, -0.25) is 0 Å². The van der Waals surface area contributed by atoms with Gasteiger partial charge in [0.2, 0.25) is 0 Å². The van der Waals surface area contributed by atoms with Crippen LogP contribution in [0.5, 0.6) is 0 Å². The first-order valence-corrected chi connectivity index (χ1v) is 6.77. The van der Waals surface area contributed by atoms with Crippen LogP contribution in [0.25, 0.3) is 0 Å². The second kappa shape index (κ2) is 6.02. The van der Waals surface area contributed by atoms with Crippen molar-refractivity contribution < 1.29 is 0 Å². The fourth-order valence-corrected chi connectivity index (χ4v) is 2.27. The third-order valence-electron chi connectivity index (χ3n) is 3.33. The van der Waals surface area contributed by atoms with Crippen molar-refractivity contribution in [2.75, 3.05) is 0 Å². The Kier molecular flexibility index (Phi) is 3.74. The number of rotatable bonds is 4. The van der Waals surface area contributed by atoms with Gasteiger partial charge in [0.05, 0.1) is 12.2 Å². The van der Waals surface area contributed by atoms with Gasteiger partial charge in [0.15, 0.2) is 5.69 Å². The van der Waals surface area contributed by atoms with E-state index in [1.54, 1.807) is 4.68 Å². The number of benzene rings is 2. The first kappa shape index (κ1) is 13.1. The highest BCUT2D eigenvalue weighted by atomic mass is 15.4. The van der Waals surface area contributed by atoms with Crippen LogP contribution in [-0.4, -0.2) is 15.0 Å². The Morgan fingerprint density at radius 2 is 1.52 bits per heavy atom. The molecule has 3 aromatic rings. The second-order valence-electron chi connectivity index (χ2n) is 4.80. The molecule has 0 saturated carbocycles. The third kappa shape index (κ3) is 2.98. The number of hydrogen-bond acceptors (Lipinski definition) is 3. The minimum absolute atomic E-state index is 0.398. The first-order valence-electron chi connectivity index (χ1n) is 6.77. The standard InChI is InChI=1S/C17H14N4/c18-12-16-17(11-14-7-3-1-4-8-14)21(20-19-16)13-15-9-5-2-6-10-15/h1-10H,11,13H2. The van der Waals surface area contributed by atoms with E-state index in [2.05, 4.69) is 16.4 Å². The summed E-state index contributed by atoms with van der Waals surface area (Å²) in [6.07, 6.45) is 0.656. The molecule has 0 radical (unpaired) electrons. The maximum Gasteiger partial charge on any atom is 0.186 e. The monoisotopic (exact) mass is 274 g/mol. The Hall–Kier alpha value is -2.93. The smallest absolute Gasteiger partial charge is 0.186 e. The quantitative estimate of drug-likeness (QED) is 0.735. The molecule has 0 N–H and O–H groups in total. The van der Waals surface area contributed by atoms with Crippen molar-refractivity contribution in [2.45, 2.75) is 13.0 Å². The number of hydrogen-bond donors (Lipinski definition) is 0. The zero-order valence-electron chi connectivity index (χ0n) is 11.5. The second-order valence-corrected chi connectivity index (χ2v) is 4.80. The van der Waals surface area contributed by atoms with Crippen LogP contribution in [0, 0.1) is 11.3 Å². The van der Waals surface area contributed by atoms with Crippen LogP contribution in [0.2, 0.25) is 0 Å². The molecule has 4 nitrogen and oxygen atoms in total. The Balaban J connectivity index is 1.91. The summed E-state index contributed by atoms with van der Waals surface area (Å²) < 4.78 is 1.81. The maximum absolute atomic E-state index is 9.21. The summed E-state index contributed by atoms with van der Waals surface area (Å²) >= 11 is 0. The fraction of sp³-hybridized carbons (Fsp3) is 0.118. The van der Waals surface area contributed by atoms with Crippen molar-refractivity contribution >= 4 is 0 Å². The normalized spacial score (nSPS) is 10.2. The van der Waals surface area contributed by atoms with Gasteiger partial charge in [-0.25, -0.2) is 4.68 Å². The largest absolute Gasteiger partial charge is 0.243 e. The minimum atomic E-state index is 0.398. The van der Waals surface area contributed by atoms with Gasteiger partial charge in [-0.1, -0.05) is 65.9 Å². The molecule has 0 bridgehead atoms. The summed E-state index contributed by atoms with van der Waals surface area (Å²) in [7, 11) is 0. The molecule has 3 rings (SSSR count). The molecule has 21 heavy (non-hydrogen) atoms. The Bertz CT molecular complexity index is 754. The lowest BCUT2D eigenvalue weighted by Gasteiger charge is -2.07. The van der Waals surface area contributed by atoms with E-state index in [1.165, 1.54) is 0 Å². The molecule has 0 aliphatic heterocycles. The number of nitrogens with zero attached hydrogens (tertiary/aromatic N) is 4. The zero-order chi connectivity index (χ0) is 14.5. The average Bonchev–Trinajstić information content (AvgIpc) is 2.91. The summed E-state index contributed by atoms with van der Waals surface area (Å²) in [5.74, 6) is 0. The molecule has 0 fully saturated rings. The van der Waals surface area contributed by atoms with Crippen molar-refractivity contribution in [3.63, 3.8) is 0 Å². The van der Waals surface area contributed by atoms with Crippen molar-refractivity contribution in [3.8, 4) is 6.07 Å². The molecule has 102 valence electrons. The maximum atomic E-state index is 9.21. The highest BCUT2D eigenvalue weighted by Crippen LogP contribution is 2.13. The summed E-state index contributed by atoms with van der Waals surface area (Å²) in [5.41, 5.74) is 3.54. The van der Waals surface area contributed by atoms with Gasteiger partial charge in [0, 0.05) is 6.42 Å². The number of aromatic nitrogens is 3. The Morgan fingerprint density at radius 3 is 2.14 bits per heavy atom. The molecular weight excluding hydrogens is 260 g/mol. The minimum Gasteiger partial charge on any atom is -0.243 e. The van der Waals surface area contributed by atoms with E-state index in [4.69, 9.17) is 0 Å². The topological polar surface area (TPSA) is 54.5 Å². The molecule has 2 aromatic carbocycles. The fourth-order valence-electron chi connectivity index (χ4n) is 2.27. The molecule has 1 aromatic heterocycles. The predicted molar refractivity (Wildman–Crippen MR) is 79.5 cm³/mol. The lowest BCUT2D eigenvalue weighted by Crippen LogP contribution is -2.07. The van der Waals surface area contributed by atoms with Crippen LogP contribution in [-0.2, 0) is 13.0 Å². The van der Waals surface area contributed by atoms with Crippen molar-refractivity contribution in [3.05, 3.63) is 83.2 Å². The first-order chi connectivity index (χ1) is 10.4. The lowest BCUT2D eigenvalue weighted by atomic mass is 10.1. The molecule has 0 amide bonds. The SMILES string of the molecule is N#Cc1nnn(Cc2ccccc2)c1Cc1ccccc1. The summed E-state index contributed by atoms with van der Waals surface area (Å²) in [4.78, 5) is 0. The lowest BCUT2D eigenvalue weighted by molar-refractivity contribution is 0.625. The summed E-state index contributed by atoms with van der Waals surface area (Å²) in [6.45, 7) is 0.623. The molecular formula is C17H14N4. The van der Waals surface area contributed by atoms with Crippen molar-refractivity contribution in [1.82, 2.24) is 15.0 Å². The van der Waals surface area contributed by atoms with Crippen LogP contribution in [0.15, 0.2) is 60.7 Å². The van der Waals surface area contributed by atoms with Gasteiger partial charge < -0.3 is 0 Å². The number of nitriles is 1. The van der Waals surface area contributed by atoms with Gasteiger partial charge in [0.25, 0.3) is 0 Å². The summed E-state index contributed by atoms with van der Waals surface area (Å²) in [5, 5.41) is 17.3. The highest BCUT2D eigenvalue weighted by Gasteiger charge is 2.13. The molecule has 0 aliphatic carbocycles. The van der Waals surface area contributed by atoms with Gasteiger partial charge in [-0.05, 0) is 11.1 Å². The van der Waals surface area contributed by atoms with Crippen LogP contribution in [0.3, 0.4) is 0 Å². The van der Waals surface area contributed by atoms with Crippen molar-refractivity contribution in [1.29, 1.82) is 5.26 Å². The Morgan fingerprint density at radius 1 is 0.905 bits per heavy atom. The van der Waals surface area contributed by atoms with Crippen molar-refractivity contribution in [2.24, 2.45) is 0 Å². The third-order valence-corrected chi connectivity index (χ3v) is 3.33. The van der Waals surface area contributed by atoms with E-state index < -0.39 is 0 Å². The van der Waals surface area contributed by atoms with Crippen LogP contribution in [0.1, 0.15) is 22.5 Å². The van der Waals surface area contributed by atoms with Crippen LogP contribution >= 0.6 is 0 Å². The van der Waals surface area contributed by atoms with Gasteiger partial charge in [-0.15, -0.1) is 5.10 Å². The molecule has 0 aliphatic rings. The average molecular weight is 274 g/mol. The van der Waals surface area contributed by atoms with Gasteiger partial charge in [0.1, 0.15) is 6.07 Å². The predicted octanol–water partition coefficient (Wildman–Crippen LogP) is 2.79. The molecule has 0 unspecified atom stereocenters. The van der Waals surface area contributed by atoms with E-state index in [1.807, 2.05) is 60.7 Å². The molecule has 0 atom stereocenters. The molecule has 0 spiro atoms. The van der Waals surface area contributed by atoms with Crippen LogP contribution in [0.4, 0.5) is 0 Å². The van der Waals surface area contributed by atoms with E-state index in [-0.39, 0.29) is 0 Å². The van der Waals surface area contributed by atoms with E-state index >= 15 is 0 Å². The molecule has 1 heterocycles. The zero-order valence-corrected chi connectivity index (χ0v) is 11.5. The van der Waals surface area contributed by atoms with Gasteiger partial charge >= 0.3 is 0 Å². The highest BCUT2D eigenvalue weighted by molar-refractivity contribution is 5.31. The molecule has 0 saturated heterocycles. The summed E-state index contributed by atoms with van der Waals surface area (Å²) in [6, 6.07) is 22.2. The van der Waals surface area contributed by atoms with Gasteiger partial charge in [-0.2, -0.15) is 5.26 Å².